The first kappa shape index (κ1) is 18.2. The van der Waals surface area contributed by atoms with Crippen molar-refractivity contribution in [3.8, 4) is 11.3 Å². The van der Waals surface area contributed by atoms with Crippen molar-refractivity contribution < 1.29 is 4.79 Å². The molecule has 6 rings (SSSR count). The first-order valence-corrected chi connectivity index (χ1v) is 10.8. The van der Waals surface area contributed by atoms with Gasteiger partial charge in [-0.25, -0.2) is 9.78 Å². The zero-order chi connectivity index (χ0) is 20.8. The highest BCUT2D eigenvalue weighted by Gasteiger charge is 2.46. The smallest absolute Gasteiger partial charge is 0.317 e. The van der Waals surface area contributed by atoms with Gasteiger partial charge in [0.15, 0.2) is 0 Å². The van der Waals surface area contributed by atoms with Crippen molar-refractivity contribution in [2.24, 2.45) is 0 Å². The Bertz CT molecular complexity index is 1260. The van der Waals surface area contributed by atoms with E-state index in [0.29, 0.717) is 6.54 Å². The van der Waals surface area contributed by atoms with Gasteiger partial charge in [-0.2, -0.15) is 5.10 Å². The van der Waals surface area contributed by atoms with Gasteiger partial charge in [-0.15, -0.1) is 0 Å². The number of hydrogen-bond donors (Lipinski definition) is 2. The van der Waals surface area contributed by atoms with Gasteiger partial charge in [0.1, 0.15) is 5.65 Å². The van der Waals surface area contributed by atoms with E-state index in [2.05, 4.69) is 32.1 Å². The molecule has 5 heterocycles. The van der Waals surface area contributed by atoms with Gasteiger partial charge in [-0.1, -0.05) is 30.3 Å². The molecule has 2 aliphatic rings. The lowest BCUT2D eigenvalue weighted by Gasteiger charge is -2.23. The Labute approximate surface area is 180 Å². The Kier molecular flexibility index (Phi) is 4.09. The van der Waals surface area contributed by atoms with Gasteiger partial charge >= 0.3 is 6.03 Å². The Morgan fingerprint density at radius 1 is 1.13 bits per heavy atom. The van der Waals surface area contributed by atoms with Gasteiger partial charge in [0.25, 0.3) is 0 Å². The molecule has 0 aliphatic carbocycles. The summed E-state index contributed by atoms with van der Waals surface area (Å²) < 4.78 is 2.13. The maximum atomic E-state index is 12.8. The number of rotatable bonds is 3. The lowest BCUT2D eigenvalue weighted by Crippen LogP contribution is -2.40. The van der Waals surface area contributed by atoms with Crippen molar-refractivity contribution in [2.75, 3.05) is 13.1 Å². The first-order chi connectivity index (χ1) is 15.2. The maximum Gasteiger partial charge on any atom is 0.317 e. The molecule has 1 unspecified atom stereocenters. The minimum Gasteiger partial charge on any atom is -0.346 e. The number of carbonyl (C=O) groups is 1. The topological polar surface area (TPSA) is 78.8 Å². The van der Waals surface area contributed by atoms with Crippen LogP contribution >= 0.6 is 0 Å². The SMILES string of the molecule is O=C(NCc1ccccc1)N1CCC2(CCn3nc(-c4cnc5[nH]ccc5c4)cc32)C1. The predicted molar refractivity (Wildman–Crippen MR) is 118 cm³/mol. The molecule has 4 aromatic rings. The third kappa shape index (κ3) is 3.08. The number of aromatic nitrogens is 4. The minimum absolute atomic E-state index is 0.000944. The Balaban J connectivity index is 1.20. The number of aryl methyl sites for hydroxylation is 1. The molecular weight excluding hydrogens is 388 g/mol. The second-order valence-electron chi connectivity index (χ2n) is 8.62. The molecule has 0 bridgehead atoms. The van der Waals surface area contributed by atoms with Crippen LogP contribution in [0.3, 0.4) is 0 Å². The highest BCUT2D eigenvalue weighted by molar-refractivity contribution is 5.80. The second-order valence-corrected chi connectivity index (χ2v) is 8.62. The average molecular weight is 412 g/mol. The number of fused-ring (bicyclic) bond motifs is 3. The highest BCUT2D eigenvalue weighted by Crippen LogP contribution is 2.43. The van der Waals surface area contributed by atoms with Gasteiger partial charge in [-0.3, -0.25) is 4.68 Å². The molecule has 0 radical (unpaired) electrons. The van der Waals surface area contributed by atoms with Crippen molar-refractivity contribution >= 4 is 17.1 Å². The predicted octanol–water partition coefficient (Wildman–Crippen LogP) is 3.68. The summed E-state index contributed by atoms with van der Waals surface area (Å²) in [6.45, 7) is 2.97. The molecule has 2 aliphatic heterocycles. The van der Waals surface area contributed by atoms with E-state index in [1.165, 1.54) is 5.69 Å². The molecule has 1 atom stereocenters. The standard InChI is InChI=1S/C24H24N6O/c31-23(27-14-17-4-2-1-3-5-17)29-10-7-24(16-29)8-11-30-21(24)13-20(28-30)19-12-18-6-9-25-22(18)26-15-19/h1-6,9,12-13,15H,7-8,10-11,14,16H2,(H,25,26)(H,27,31). The number of benzene rings is 1. The second kappa shape index (κ2) is 6.97. The molecule has 31 heavy (non-hydrogen) atoms. The summed E-state index contributed by atoms with van der Waals surface area (Å²) in [5.41, 5.74) is 5.23. The number of amides is 2. The minimum atomic E-state index is 0.000944. The molecule has 7 nitrogen and oxygen atoms in total. The first-order valence-electron chi connectivity index (χ1n) is 10.8. The largest absolute Gasteiger partial charge is 0.346 e. The number of pyridine rings is 1. The van der Waals surface area contributed by atoms with Crippen LogP contribution in [0.15, 0.2) is 60.9 Å². The number of carbonyl (C=O) groups excluding carboxylic acids is 1. The summed E-state index contributed by atoms with van der Waals surface area (Å²) >= 11 is 0. The normalized spacial score (nSPS) is 19.9. The molecule has 3 aromatic heterocycles. The molecule has 1 fully saturated rings. The zero-order valence-electron chi connectivity index (χ0n) is 17.2. The van der Waals surface area contributed by atoms with E-state index >= 15 is 0 Å². The molecule has 1 aromatic carbocycles. The highest BCUT2D eigenvalue weighted by atomic mass is 16.2. The number of hydrogen-bond acceptors (Lipinski definition) is 3. The van der Waals surface area contributed by atoms with Gasteiger partial charge in [0, 0.05) is 60.6 Å². The molecule has 2 amide bonds. The van der Waals surface area contributed by atoms with Crippen molar-refractivity contribution in [1.82, 2.24) is 30.0 Å². The van der Waals surface area contributed by atoms with Crippen LogP contribution in [0.4, 0.5) is 4.79 Å². The molecule has 1 saturated heterocycles. The third-order valence-corrected chi connectivity index (χ3v) is 6.75. The Morgan fingerprint density at radius 3 is 2.90 bits per heavy atom. The van der Waals surface area contributed by atoms with Gasteiger partial charge in [-0.05, 0) is 36.6 Å². The van der Waals surface area contributed by atoms with E-state index < -0.39 is 0 Å². The fraction of sp³-hybridized carbons (Fsp3) is 0.292. The van der Waals surface area contributed by atoms with Crippen molar-refractivity contribution in [2.45, 2.75) is 31.3 Å². The van der Waals surface area contributed by atoms with E-state index in [-0.39, 0.29) is 11.4 Å². The molecule has 2 N–H and O–H groups in total. The number of nitrogens with zero attached hydrogens (tertiary/aromatic N) is 4. The summed E-state index contributed by atoms with van der Waals surface area (Å²) in [5, 5.41) is 9.02. The van der Waals surface area contributed by atoms with Crippen LogP contribution in [-0.2, 0) is 18.5 Å². The van der Waals surface area contributed by atoms with Crippen molar-refractivity contribution in [3.05, 3.63) is 72.2 Å². The number of urea groups is 1. The van der Waals surface area contributed by atoms with E-state index in [1.807, 2.05) is 53.7 Å². The number of nitrogens with one attached hydrogen (secondary N) is 2. The number of H-pyrrole nitrogens is 1. The summed E-state index contributed by atoms with van der Waals surface area (Å²) in [6, 6.07) is 16.4. The molecule has 7 heteroatoms. The average Bonchev–Trinajstić information content (AvgIpc) is 3.58. The van der Waals surface area contributed by atoms with Crippen molar-refractivity contribution in [1.29, 1.82) is 0 Å². The van der Waals surface area contributed by atoms with Crippen LogP contribution in [0.5, 0.6) is 0 Å². The van der Waals surface area contributed by atoms with E-state index in [4.69, 9.17) is 5.10 Å². The Hall–Kier alpha value is -3.61. The van der Waals surface area contributed by atoms with Crippen LogP contribution in [0.1, 0.15) is 24.1 Å². The Morgan fingerprint density at radius 2 is 2.00 bits per heavy atom. The summed E-state index contributed by atoms with van der Waals surface area (Å²) in [6.07, 6.45) is 5.79. The van der Waals surface area contributed by atoms with Gasteiger partial charge in [0.2, 0.25) is 0 Å². The maximum absolute atomic E-state index is 12.8. The van der Waals surface area contributed by atoms with Crippen LogP contribution in [-0.4, -0.2) is 43.8 Å². The van der Waals surface area contributed by atoms with Crippen molar-refractivity contribution in [3.63, 3.8) is 0 Å². The fourth-order valence-electron chi connectivity index (χ4n) is 5.03. The summed E-state index contributed by atoms with van der Waals surface area (Å²) in [5.74, 6) is 0. The number of aromatic amines is 1. The van der Waals surface area contributed by atoms with E-state index in [0.717, 1.165) is 60.3 Å². The van der Waals surface area contributed by atoms with E-state index in [1.54, 1.807) is 0 Å². The molecule has 156 valence electrons. The lowest BCUT2D eigenvalue weighted by molar-refractivity contribution is 0.205. The molecular formula is C24H24N6O. The third-order valence-electron chi connectivity index (χ3n) is 6.75. The monoisotopic (exact) mass is 412 g/mol. The number of likely N-dealkylation sites (tertiary alicyclic amines) is 1. The molecule has 0 saturated carbocycles. The van der Waals surface area contributed by atoms with Crippen LogP contribution in [0, 0.1) is 0 Å². The van der Waals surface area contributed by atoms with Gasteiger partial charge in [0.05, 0.1) is 5.69 Å². The van der Waals surface area contributed by atoms with Crippen LogP contribution in [0.2, 0.25) is 0 Å². The van der Waals surface area contributed by atoms with Gasteiger partial charge < -0.3 is 15.2 Å². The zero-order valence-corrected chi connectivity index (χ0v) is 17.2. The summed E-state index contributed by atoms with van der Waals surface area (Å²) in [4.78, 5) is 22.4. The lowest BCUT2D eigenvalue weighted by atomic mass is 9.82. The molecule has 1 spiro atoms. The fourth-order valence-corrected chi connectivity index (χ4v) is 5.03. The van der Waals surface area contributed by atoms with E-state index in [9.17, 15) is 4.79 Å². The van der Waals surface area contributed by atoms with Crippen LogP contribution in [0.25, 0.3) is 22.3 Å². The summed E-state index contributed by atoms with van der Waals surface area (Å²) in [7, 11) is 0. The van der Waals surface area contributed by atoms with Crippen LogP contribution < -0.4 is 5.32 Å². The quantitative estimate of drug-likeness (QED) is 0.539.